The first-order chi connectivity index (χ1) is 17.0. The van der Waals surface area contributed by atoms with E-state index in [4.69, 9.17) is 34.0 Å². The maximum Gasteiger partial charge on any atom is 0.490 e. The average Bonchev–Trinajstić information content (AvgIpc) is 3.33. The molecule has 2 fully saturated rings. The minimum absolute atomic E-state index is 0.396. The zero-order chi connectivity index (χ0) is 28.6. The van der Waals surface area contributed by atoms with Crippen LogP contribution in [0.5, 0.6) is 11.5 Å². The predicted octanol–water partition coefficient (Wildman–Crippen LogP) is 2.98. The Balaban J connectivity index is 0.000000404. The maximum atomic E-state index is 10.6. The third-order valence-electron chi connectivity index (χ3n) is 5.42. The summed E-state index contributed by atoms with van der Waals surface area (Å²) in [6.07, 6.45) is -9.77. The van der Waals surface area contributed by atoms with Gasteiger partial charge in [-0.15, -0.1) is 0 Å². The number of hydrogen-bond acceptors (Lipinski definition) is 7. The number of alkyl halides is 6. The van der Waals surface area contributed by atoms with Gasteiger partial charge in [0.25, 0.3) is 0 Å². The Hall–Kier alpha value is -2.78. The van der Waals surface area contributed by atoms with Crippen LogP contribution in [-0.2, 0) is 20.9 Å². The Morgan fingerprint density at radius 1 is 0.973 bits per heavy atom. The number of fused-ring (bicyclic) bond motifs is 1. The number of nitrogens with zero attached hydrogens (tertiary/aromatic N) is 2. The molecule has 0 aromatic heterocycles. The van der Waals surface area contributed by atoms with Gasteiger partial charge in [0.05, 0.1) is 26.9 Å². The molecule has 0 spiro atoms. The van der Waals surface area contributed by atoms with E-state index in [1.54, 1.807) is 14.2 Å². The molecule has 0 bridgehead atoms. The highest BCUT2D eigenvalue weighted by molar-refractivity contribution is 5.73. The van der Waals surface area contributed by atoms with Gasteiger partial charge in [-0.3, -0.25) is 4.90 Å². The van der Waals surface area contributed by atoms with E-state index >= 15 is 0 Å². The Bertz CT molecular complexity index is 849. The molecule has 2 saturated heterocycles. The molecule has 0 unspecified atom stereocenters. The Morgan fingerprint density at radius 3 is 1.81 bits per heavy atom. The summed E-state index contributed by atoms with van der Waals surface area (Å²) in [7, 11) is 7.67. The van der Waals surface area contributed by atoms with E-state index in [9.17, 15) is 26.3 Å². The van der Waals surface area contributed by atoms with Crippen molar-refractivity contribution in [2.75, 3.05) is 54.6 Å². The summed E-state index contributed by atoms with van der Waals surface area (Å²) in [5.41, 5.74) is 1.23. The van der Waals surface area contributed by atoms with Crippen LogP contribution in [-0.4, -0.2) is 105 Å². The second-order valence-corrected chi connectivity index (χ2v) is 8.58. The van der Waals surface area contributed by atoms with E-state index < -0.39 is 24.3 Å². The molecule has 37 heavy (non-hydrogen) atoms. The lowest BCUT2D eigenvalue weighted by molar-refractivity contribution is -0.193. The fraction of sp³-hybridized carbons (Fsp3) is 0.636. The molecule has 1 aromatic carbocycles. The molecule has 2 aliphatic rings. The number of methoxy groups -OCH3 is 2. The molecule has 0 amide bonds. The molecule has 9 nitrogen and oxygen atoms in total. The normalized spacial score (nSPS) is 21.3. The highest BCUT2D eigenvalue weighted by atomic mass is 19.4. The fourth-order valence-corrected chi connectivity index (χ4v) is 3.88. The van der Waals surface area contributed by atoms with Crippen LogP contribution in [0.3, 0.4) is 0 Å². The molecule has 0 saturated carbocycles. The van der Waals surface area contributed by atoms with Crippen molar-refractivity contribution in [3.05, 3.63) is 23.8 Å². The quantitative estimate of drug-likeness (QED) is 0.519. The van der Waals surface area contributed by atoms with Gasteiger partial charge in [-0.05, 0) is 31.8 Å². The Morgan fingerprint density at radius 2 is 1.43 bits per heavy atom. The van der Waals surface area contributed by atoms with Crippen molar-refractivity contribution in [3.8, 4) is 11.5 Å². The lowest BCUT2D eigenvalue weighted by Gasteiger charge is -2.22. The van der Waals surface area contributed by atoms with Gasteiger partial charge in [0.1, 0.15) is 11.5 Å². The summed E-state index contributed by atoms with van der Waals surface area (Å²) in [4.78, 5) is 22.6. The van der Waals surface area contributed by atoms with Crippen molar-refractivity contribution < 1.29 is 60.4 Å². The molecule has 3 rings (SSSR count). The summed E-state index contributed by atoms with van der Waals surface area (Å²) >= 11 is 0. The zero-order valence-corrected chi connectivity index (χ0v) is 20.6. The largest absolute Gasteiger partial charge is 0.497 e. The van der Waals surface area contributed by atoms with Crippen molar-refractivity contribution >= 4 is 11.9 Å². The van der Waals surface area contributed by atoms with Gasteiger partial charge in [-0.2, -0.15) is 26.3 Å². The maximum absolute atomic E-state index is 10.6. The highest BCUT2D eigenvalue weighted by Gasteiger charge is 2.43. The first-order valence-electron chi connectivity index (χ1n) is 10.8. The number of rotatable bonds is 6. The van der Waals surface area contributed by atoms with Crippen LogP contribution in [0.4, 0.5) is 26.3 Å². The second kappa shape index (κ2) is 13.7. The van der Waals surface area contributed by atoms with Crippen LogP contribution in [0, 0.1) is 11.8 Å². The van der Waals surface area contributed by atoms with Crippen molar-refractivity contribution in [1.29, 1.82) is 0 Å². The molecule has 0 radical (unpaired) electrons. The van der Waals surface area contributed by atoms with Crippen molar-refractivity contribution in [1.82, 2.24) is 9.80 Å². The Kier molecular flexibility index (Phi) is 11.9. The van der Waals surface area contributed by atoms with E-state index in [1.165, 1.54) is 5.56 Å². The van der Waals surface area contributed by atoms with Crippen LogP contribution in [0.25, 0.3) is 0 Å². The van der Waals surface area contributed by atoms with Gasteiger partial charge in [0.15, 0.2) is 0 Å². The van der Waals surface area contributed by atoms with Gasteiger partial charge >= 0.3 is 24.3 Å². The molecular weight excluding hydrogens is 518 g/mol. The number of likely N-dealkylation sites (tertiary alicyclic amines) is 1. The van der Waals surface area contributed by atoms with E-state index in [0.29, 0.717) is 17.9 Å². The van der Waals surface area contributed by atoms with Gasteiger partial charge in [0.2, 0.25) is 0 Å². The lowest BCUT2D eigenvalue weighted by Crippen LogP contribution is -2.30. The van der Waals surface area contributed by atoms with Crippen LogP contribution < -0.4 is 9.47 Å². The number of aliphatic carboxylic acids is 2. The number of carboxylic acid groups (broad SMARTS) is 2. The molecule has 0 aliphatic carbocycles. The van der Waals surface area contributed by atoms with Crippen LogP contribution in [0.15, 0.2) is 18.2 Å². The van der Waals surface area contributed by atoms with E-state index in [-0.39, 0.29) is 0 Å². The first kappa shape index (κ1) is 32.2. The van der Waals surface area contributed by atoms with Crippen LogP contribution >= 0.6 is 0 Å². The molecule has 2 N–H and O–H groups in total. The van der Waals surface area contributed by atoms with Gasteiger partial charge in [0, 0.05) is 44.1 Å². The summed E-state index contributed by atoms with van der Waals surface area (Å²) in [5.74, 6) is -2.51. The van der Waals surface area contributed by atoms with Crippen molar-refractivity contribution in [2.45, 2.75) is 25.0 Å². The number of carbonyl (C=O) groups is 2. The predicted molar refractivity (Wildman–Crippen MR) is 117 cm³/mol. The van der Waals surface area contributed by atoms with E-state index in [2.05, 4.69) is 36.0 Å². The van der Waals surface area contributed by atoms with Gasteiger partial charge < -0.3 is 29.3 Å². The minimum atomic E-state index is -5.08. The smallest absolute Gasteiger partial charge is 0.490 e. The lowest BCUT2D eigenvalue weighted by atomic mass is 9.93. The monoisotopic (exact) mass is 548 g/mol. The number of ether oxygens (including phenoxy) is 3. The molecule has 1 aromatic rings. The SMILES string of the molecule is COc1cc(CN2C[C@@H]3[C@@H](CN(C)C)CO[C@@H]3C2)cc(OC)c1.O=C(O)C(F)(F)F.O=C(O)C(F)(F)F. The number of benzene rings is 1. The topological polar surface area (TPSA) is 109 Å². The standard InChI is InChI=1S/C18H28N2O3.2C2HF3O2/c1-19(2)9-14-12-23-18-11-20(10-17(14)18)8-13-5-15(21-3)7-16(6-13)22-4;2*3-2(4,5)1(6)7/h5-7,14,17-18H,8-12H2,1-4H3;2*(H,6,7)/t14-,17+,18+;;/m0../s1. The number of halogens is 6. The van der Waals surface area contributed by atoms with Gasteiger partial charge in [-0.1, -0.05) is 0 Å². The van der Waals surface area contributed by atoms with E-state index in [1.807, 2.05) is 6.07 Å². The Labute approximate surface area is 209 Å². The molecule has 15 heteroatoms. The zero-order valence-electron chi connectivity index (χ0n) is 20.6. The minimum Gasteiger partial charge on any atom is -0.497 e. The fourth-order valence-electron chi connectivity index (χ4n) is 3.88. The number of carboxylic acids is 2. The van der Waals surface area contributed by atoms with Crippen LogP contribution in [0.1, 0.15) is 5.56 Å². The summed E-state index contributed by atoms with van der Waals surface area (Å²) in [6, 6.07) is 6.10. The molecular formula is C22H30F6N2O7. The molecule has 2 heterocycles. The summed E-state index contributed by atoms with van der Waals surface area (Å²) in [6.45, 7) is 5.08. The van der Waals surface area contributed by atoms with Gasteiger partial charge in [-0.25, -0.2) is 9.59 Å². The van der Waals surface area contributed by atoms with Crippen molar-refractivity contribution in [2.24, 2.45) is 11.8 Å². The van der Waals surface area contributed by atoms with E-state index in [0.717, 1.165) is 44.3 Å². The second-order valence-electron chi connectivity index (χ2n) is 8.58. The summed E-state index contributed by atoms with van der Waals surface area (Å²) < 4.78 is 80.2. The van der Waals surface area contributed by atoms with Crippen LogP contribution in [0.2, 0.25) is 0 Å². The highest BCUT2D eigenvalue weighted by Crippen LogP contribution is 2.35. The first-order valence-corrected chi connectivity index (χ1v) is 10.8. The average molecular weight is 548 g/mol. The molecule has 212 valence electrons. The summed E-state index contributed by atoms with van der Waals surface area (Å²) in [5, 5.41) is 14.2. The third-order valence-corrected chi connectivity index (χ3v) is 5.42. The van der Waals surface area contributed by atoms with Crippen molar-refractivity contribution in [3.63, 3.8) is 0 Å². The molecule has 3 atom stereocenters. The third kappa shape index (κ3) is 11.0. The number of hydrogen-bond donors (Lipinski definition) is 2. The molecule has 2 aliphatic heterocycles.